The minimum atomic E-state index is -0.193. The van der Waals surface area contributed by atoms with Gasteiger partial charge in [-0.15, -0.1) is 0 Å². The normalized spacial score (nSPS) is 13.6. The number of hydrogen-bond donors (Lipinski definition) is 0. The number of rotatable bonds is 9. The van der Waals surface area contributed by atoms with E-state index in [9.17, 15) is 0 Å². The average molecular weight is 935 g/mol. The summed E-state index contributed by atoms with van der Waals surface area (Å²) in [6.07, 6.45) is 1.94. The van der Waals surface area contributed by atoms with Crippen LogP contribution < -0.4 is 14.5 Å². The molecule has 0 bridgehead atoms. The third-order valence-corrected chi connectivity index (χ3v) is 15.1. The smallest absolute Gasteiger partial charge is 0.137 e. The molecule has 3 heterocycles. The van der Waals surface area contributed by atoms with Gasteiger partial charge >= 0.3 is 0 Å². The number of pyridine rings is 1. The van der Waals surface area contributed by atoms with Crippen molar-refractivity contribution in [1.82, 2.24) is 9.55 Å². The number of ether oxygens (including phenoxy) is 1. The molecule has 71 heavy (non-hydrogen) atoms. The fourth-order valence-electron chi connectivity index (χ4n) is 10.6. The summed E-state index contributed by atoms with van der Waals surface area (Å²) in [6.45, 7) is 30.7. The molecule has 0 aliphatic carbocycles. The summed E-state index contributed by atoms with van der Waals surface area (Å²) in [4.78, 5) is 9.97. The highest BCUT2D eigenvalue weighted by Gasteiger charge is 2.35. The quantitative estimate of drug-likeness (QED) is 0.144. The van der Waals surface area contributed by atoms with Crippen LogP contribution in [0.3, 0.4) is 0 Å². The maximum absolute atomic E-state index is 6.95. The third-order valence-electron chi connectivity index (χ3n) is 15.1. The topological polar surface area (TPSA) is 33.5 Å². The van der Waals surface area contributed by atoms with Gasteiger partial charge in [-0.3, -0.25) is 4.57 Å². The van der Waals surface area contributed by atoms with Crippen molar-refractivity contribution in [3.8, 4) is 17.3 Å². The maximum Gasteiger partial charge on any atom is 0.137 e. The van der Waals surface area contributed by atoms with E-state index >= 15 is 0 Å². The van der Waals surface area contributed by atoms with Gasteiger partial charge < -0.3 is 14.5 Å². The zero-order valence-electron chi connectivity index (χ0n) is 44.1. The standard InChI is InChI=1S/C66H70N4O/c1-62(2,3)46-34-35-67-61(38-46)70-57-33-30-48(66(12,13)45-24-18-15-19-25-45)37-54(57)53-32-31-52(40-58(53)70)71-51-29-21-28-50(39-51)69-43-68(59-41-55(63(4,5)6)56(42-60(59)69)64(7,8)9)49-27-20-26-47(36-49)65(10,11)44-22-16-14-17-23-44/h14-42H,43H2,1-13H3. The minimum absolute atomic E-state index is 0.0397. The highest BCUT2D eigenvalue weighted by atomic mass is 16.5. The maximum atomic E-state index is 6.95. The lowest BCUT2D eigenvalue weighted by atomic mass is 9.74. The van der Waals surface area contributed by atoms with E-state index in [0.29, 0.717) is 6.67 Å². The second-order valence-corrected chi connectivity index (χ2v) is 23.9. The van der Waals surface area contributed by atoms with Crippen molar-refractivity contribution in [2.24, 2.45) is 0 Å². The van der Waals surface area contributed by atoms with Crippen LogP contribution in [0.1, 0.15) is 129 Å². The highest BCUT2D eigenvalue weighted by Crippen LogP contribution is 2.50. The molecule has 0 radical (unpaired) electrons. The summed E-state index contributed by atoms with van der Waals surface area (Å²) in [6, 6.07) is 62.2. The van der Waals surface area contributed by atoms with E-state index in [0.717, 1.165) is 39.4 Å². The Morgan fingerprint density at radius 1 is 0.394 bits per heavy atom. The molecule has 1 aliphatic heterocycles. The zero-order valence-corrected chi connectivity index (χ0v) is 44.1. The summed E-state index contributed by atoms with van der Waals surface area (Å²) >= 11 is 0. The van der Waals surface area contributed by atoms with Crippen LogP contribution in [-0.4, -0.2) is 16.2 Å². The van der Waals surface area contributed by atoms with Gasteiger partial charge in [0, 0.05) is 51.3 Å². The van der Waals surface area contributed by atoms with E-state index in [1.54, 1.807) is 0 Å². The molecule has 0 spiro atoms. The second-order valence-electron chi connectivity index (χ2n) is 23.9. The molecule has 1 aliphatic rings. The third kappa shape index (κ3) is 8.79. The van der Waals surface area contributed by atoms with Gasteiger partial charge in [0.1, 0.15) is 24.0 Å². The molecule has 0 fully saturated rings. The molecule has 10 rings (SSSR count). The Labute approximate surface area is 422 Å². The fourth-order valence-corrected chi connectivity index (χ4v) is 10.6. The molecule has 0 unspecified atom stereocenters. The van der Waals surface area contributed by atoms with Crippen LogP contribution in [0.15, 0.2) is 176 Å². The molecule has 0 saturated heterocycles. The van der Waals surface area contributed by atoms with Gasteiger partial charge in [0.05, 0.1) is 22.4 Å². The van der Waals surface area contributed by atoms with Crippen LogP contribution in [-0.2, 0) is 27.1 Å². The van der Waals surface area contributed by atoms with Crippen molar-refractivity contribution in [3.63, 3.8) is 0 Å². The van der Waals surface area contributed by atoms with Crippen LogP contribution in [0.4, 0.5) is 22.7 Å². The number of benzene rings is 7. The SMILES string of the molecule is CC(C)(C)c1ccnc(-n2c3ccc(C(C)(C)c4ccccc4)cc3c3ccc(Oc4cccc(N5CN(c6cccc(C(C)(C)c7ccccc7)c6)c6cc(C(C)(C)C)c(C(C)(C)C)cc65)c4)cc32)c1. The molecular formula is C66H70N4O. The van der Waals surface area contributed by atoms with Crippen LogP contribution in [0, 0.1) is 0 Å². The van der Waals surface area contributed by atoms with Crippen molar-refractivity contribution in [3.05, 3.63) is 215 Å². The summed E-state index contributed by atoms with van der Waals surface area (Å²) in [5, 5.41) is 2.35. The van der Waals surface area contributed by atoms with Gasteiger partial charge in [-0.1, -0.05) is 175 Å². The Hall–Kier alpha value is -7.11. The molecule has 2 aromatic heterocycles. The molecule has 0 atom stereocenters. The summed E-state index contributed by atoms with van der Waals surface area (Å²) < 4.78 is 9.26. The molecular weight excluding hydrogens is 865 g/mol. The van der Waals surface area contributed by atoms with Crippen molar-refractivity contribution in [2.75, 3.05) is 16.5 Å². The molecule has 0 N–H and O–H groups in total. The van der Waals surface area contributed by atoms with E-state index in [-0.39, 0.29) is 27.1 Å². The fraction of sp³-hybridized carbons (Fsp3) is 0.288. The van der Waals surface area contributed by atoms with Gasteiger partial charge in [0.25, 0.3) is 0 Å². The Morgan fingerprint density at radius 3 is 1.51 bits per heavy atom. The van der Waals surface area contributed by atoms with E-state index in [1.807, 2.05) is 6.20 Å². The van der Waals surface area contributed by atoms with Gasteiger partial charge in [-0.2, -0.15) is 0 Å². The van der Waals surface area contributed by atoms with Crippen molar-refractivity contribution in [2.45, 2.75) is 117 Å². The molecule has 0 amide bonds. The van der Waals surface area contributed by atoms with E-state index in [1.165, 1.54) is 61.4 Å². The van der Waals surface area contributed by atoms with Gasteiger partial charge in [-0.25, -0.2) is 4.98 Å². The minimum Gasteiger partial charge on any atom is -0.457 e. The van der Waals surface area contributed by atoms with Crippen LogP contribution in [0.2, 0.25) is 0 Å². The number of nitrogens with zero attached hydrogens (tertiary/aromatic N) is 4. The number of fused-ring (bicyclic) bond motifs is 4. The lowest BCUT2D eigenvalue weighted by Gasteiger charge is -2.32. The first-order chi connectivity index (χ1) is 33.6. The number of aromatic nitrogens is 2. The van der Waals surface area contributed by atoms with Crippen LogP contribution in [0.5, 0.6) is 11.5 Å². The van der Waals surface area contributed by atoms with E-state index < -0.39 is 0 Å². The monoisotopic (exact) mass is 935 g/mol. The molecule has 7 aromatic carbocycles. The largest absolute Gasteiger partial charge is 0.457 e. The van der Waals surface area contributed by atoms with E-state index in [2.05, 4.69) is 274 Å². The Bertz CT molecular complexity index is 3430. The van der Waals surface area contributed by atoms with Crippen molar-refractivity contribution < 1.29 is 4.74 Å². The lowest BCUT2D eigenvalue weighted by Crippen LogP contribution is -2.25. The van der Waals surface area contributed by atoms with Gasteiger partial charge in [-0.05, 0) is 128 Å². The van der Waals surface area contributed by atoms with Crippen molar-refractivity contribution in [1.29, 1.82) is 0 Å². The number of anilines is 4. The molecule has 9 aromatic rings. The summed E-state index contributed by atoms with van der Waals surface area (Å²) in [5.41, 5.74) is 15.4. The Morgan fingerprint density at radius 2 is 0.930 bits per heavy atom. The molecule has 5 nitrogen and oxygen atoms in total. The van der Waals surface area contributed by atoms with Crippen LogP contribution in [0.25, 0.3) is 27.6 Å². The van der Waals surface area contributed by atoms with Gasteiger partial charge in [0.2, 0.25) is 0 Å². The Balaban J connectivity index is 1.06. The zero-order chi connectivity index (χ0) is 50.3. The number of hydrogen-bond acceptors (Lipinski definition) is 4. The Kier molecular flexibility index (Phi) is 11.6. The average Bonchev–Trinajstić information content (AvgIpc) is 3.89. The first-order valence-corrected chi connectivity index (χ1v) is 25.4. The second kappa shape index (κ2) is 17.3. The molecule has 5 heteroatoms. The first kappa shape index (κ1) is 47.6. The summed E-state index contributed by atoms with van der Waals surface area (Å²) in [7, 11) is 0. The van der Waals surface area contributed by atoms with Gasteiger partial charge in [0.15, 0.2) is 0 Å². The summed E-state index contributed by atoms with van der Waals surface area (Å²) in [5.74, 6) is 2.43. The molecule has 0 saturated carbocycles. The predicted molar refractivity (Wildman–Crippen MR) is 300 cm³/mol. The van der Waals surface area contributed by atoms with Crippen LogP contribution >= 0.6 is 0 Å². The molecule has 360 valence electrons. The first-order valence-electron chi connectivity index (χ1n) is 25.4. The predicted octanol–water partition coefficient (Wildman–Crippen LogP) is 17.8. The highest BCUT2D eigenvalue weighted by molar-refractivity contribution is 6.10. The van der Waals surface area contributed by atoms with Crippen molar-refractivity contribution >= 4 is 44.6 Å². The lowest BCUT2D eigenvalue weighted by molar-refractivity contribution is 0.483. The van der Waals surface area contributed by atoms with E-state index in [4.69, 9.17) is 9.72 Å².